The average molecular weight is 287 g/mol. The van der Waals surface area contributed by atoms with Gasteiger partial charge in [0.1, 0.15) is 0 Å². The molecule has 0 saturated heterocycles. The van der Waals surface area contributed by atoms with Crippen molar-refractivity contribution in [3.63, 3.8) is 0 Å². The maximum absolute atomic E-state index is 5.59. The quantitative estimate of drug-likeness (QED) is 0.645. The fourth-order valence-corrected chi connectivity index (χ4v) is 1.98. The van der Waals surface area contributed by atoms with Crippen LogP contribution in [-0.2, 0) is 11.2 Å². The Labute approximate surface area is 105 Å². The normalized spacial score (nSPS) is 13.8. The summed E-state index contributed by atoms with van der Waals surface area (Å²) in [6, 6.07) is 8.20. The molecule has 1 aromatic carbocycles. The molecule has 3 N–H and O–H groups in total. The van der Waals surface area contributed by atoms with E-state index in [1.165, 1.54) is 5.56 Å². The molecule has 0 spiro atoms. The number of methoxy groups -OCH3 is 1. The number of nitrogens with one attached hydrogen (secondary N) is 1. The molecule has 0 amide bonds. The summed E-state index contributed by atoms with van der Waals surface area (Å²) in [6.07, 6.45) is 0.818. The third-order valence-corrected chi connectivity index (χ3v) is 3.72. The summed E-state index contributed by atoms with van der Waals surface area (Å²) in [5, 5.41) is 0. The van der Waals surface area contributed by atoms with Gasteiger partial charge in [-0.2, -0.15) is 0 Å². The summed E-state index contributed by atoms with van der Waals surface area (Å²) in [5.41, 5.74) is 3.74. The highest BCUT2D eigenvalue weighted by Gasteiger charge is 2.28. The first-order valence-electron chi connectivity index (χ1n) is 5.26. The zero-order valence-corrected chi connectivity index (χ0v) is 11.5. The molecule has 0 radical (unpaired) electrons. The zero-order chi connectivity index (χ0) is 12.2. The van der Waals surface area contributed by atoms with Gasteiger partial charge >= 0.3 is 0 Å². The van der Waals surface area contributed by atoms with Crippen LogP contribution in [0.1, 0.15) is 19.4 Å². The molecule has 1 unspecified atom stereocenters. The second-order valence-electron chi connectivity index (χ2n) is 4.32. The molecule has 0 saturated carbocycles. The second kappa shape index (κ2) is 5.77. The molecule has 1 aromatic rings. The fourth-order valence-electron chi connectivity index (χ4n) is 1.53. The maximum atomic E-state index is 5.59. The monoisotopic (exact) mass is 286 g/mol. The lowest BCUT2D eigenvalue weighted by Gasteiger charge is -2.32. The summed E-state index contributed by atoms with van der Waals surface area (Å²) in [6.45, 7) is 4.04. The van der Waals surface area contributed by atoms with Crippen LogP contribution in [-0.4, -0.2) is 18.8 Å². The van der Waals surface area contributed by atoms with Crippen LogP contribution in [0.15, 0.2) is 28.7 Å². The van der Waals surface area contributed by atoms with Gasteiger partial charge in [0, 0.05) is 11.6 Å². The van der Waals surface area contributed by atoms with E-state index in [0.717, 1.165) is 10.9 Å². The fraction of sp³-hybridized carbons (Fsp3) is 0.500. The van der Waals surface area contributed by atoms with Crippen molar-refractivity contribution in [2.24, 2.45) is 5.84 Å². The minimum atomic E-state index is -0.302. The molecule has 16 heavy (non-hydrogen) atoms. The molecule has 0 aliphatic heterocycles. The minimum absolute atomic E-state index is 0.0659. The SMILES string of the molecule is COC(C)(C)C(Cc1ccccc1Br)NN. The van der Waals surface area contributed by atoms with E-state index in [1.54, 1.807) is 7.11 Å². The molecule has 90 valence electrons. The van der Waals surface area contributed by atoms with E-state index in [0.29, 0.717) is 0 Å². The van der Waals surface area contributed by atoms with Crippen LogP contribution in [0.5, 0.6) is 0 Å². The van der Waals surface area contributed by atoms with Crippen LogP contribution < -0.4 is 11.3 Å². The highest BCUT2D eigenvalue weighted by molar-refractivity contribution is 9.10. The first-order chi connectivity index (χ1) is 7.51. The third-order valence-electron chi connectivity index (χ3n) is 2.95. The number of rotatable bonds is 5. The second-order valence-corrected chi connectivity index (χ2v) is 5.18. The molecule has 0 fully saturated rings. The number of nitrogens with two attached hydrogens (primary N) is 1. The molecule has 1 atom stereocenters. The first-order valence-corrected chi connectivity index (χ1v) is 6.05. The summed E-state index contributed by atoms with van der Waals surface area (Å²) in [4.78, 5) is 0. The topological polar surface area (TPSA) is 47.3 Å². The Hall–Kier alpha value is -0.420. The highest BCUT2D eigenvalue weighted by Crippen LogP contribution is 2.22. The Morgan fingerprint density at radius 3 is 2.56 bits per heavy atom. The predicted octanol–water partition coefficient (Wildman–Crippen LogP) is 2.25. The van der Waals surface area contributed by atoms with Crippen molar-refractivity contribution in [3.05, 3.63) is 34.3 Å². The third kappa shape index (κ3) is 3.28. The summed E-state index contributed by atoms with van der Waals surface area (Å²) in [5.74, 6) is 5.59. The van der Waals surface area contributed by atoms with Crippen molar-refractivity contribution < 1.29 is 4.74 Å². The molecule has 0 bridgehead atoms. The molecule has 0 aliphatic rings. The number of hydrogen-bond donors (Lipinski definition) is 2. The zero-order valence-electron chi connectivity index (χ0n) is 9.96. The Bertz CT molecular complexity index is 342. The molecule has 1 rings (SSSR count). The van der Waals surface area contributed by atoms with E-state index in [9.17, 15) is 0 Å². The molecule has 0 aliphatic carbocycles. The van der Waals surface area contributed by atoms with Crippen molar-refractivity contribution >= 4 is 15.9 Å². The maximum Gasteiger partial charge on any atom is 0.0791 e. The Morgan fingerprint density at radius 2 is 2.06 bits per heavy atom. The molecule has 4 heteroatoms. The van der Waals surface area contributed by atoms with E-state index < -0.39 is 0 Å². The average Bonchev–Trinajstić information content (AvgIpc) is 2.27. The van der Waals surface area contributed by atoms with Crippen molar-refractivity contribution in [2.75, 3.05) is 7.11 Å². The minimum Gasteiger partial charge on any atom is -0.377 e. The van der Waals surface area contributed by atoms with E-state index >= 15 is 0 Å². The van der Waals surface area contributed by atoms with Gasteiger partial charge in [-0.15, -0.1) is 0 Å². The van der Waals surface area contributed by atoms with Crippen LogP contribution in [0.2, 0.25) is 0 Å². The van der Waals surface area contributed by atoms with Crippen LogP contribution in [0.3, 0.4) is 0 Å². The molecule has 0 heterocycles. The van der Waals surface area contributed by atoms with Crippen molar-refractivity contribution in [2.45, 2.75) is 31.9 Å². The van der Waals surface area contributed by atoms with Crippen molar-refractivity contribution in [1.82, 2.24) is 5.43 Å². The van der Waals surface area contributed by atoms with Crippen LogP contribution >= 0.6 is 15.9 Å². The smallest absolute Gasteiger partial charge is 0.0791 e. The first kappa shape index (κ1) is 13.6. The van der Waals surface area contributed by atoms with Crippen molar-refractivity contribution in [1.29, 1.82) is 0 Å². The summed E-state index contributed by atoms with van der Waals surface area (Å²) < 4.78 is 6.54. The van der Waals surface area contributed by atoms with Gasteiger partial charge in [-0.25, -0.2) is 0 Å². The van der Waals surface area contributed by atoms with Gasteiger partial charge < -0.3 is 4.74 Å². The van der Waals surface area contributed by atoms with Gasteiger partial charge in [-0.1, -0.05) is 34.1 Å². The summed E-state index contributed by atoms with van der Waals surface area (Å²) >= 11 is 3.53. The van der Waals surface area contributed by atoms with Gasteiger partial charge in [-0.05, 0) is 31.9 Å². The van der Waals surface area contributed by atoms with Gasteiger partial charge in [0.05, 0.1) is 11.6 Å². The summed E-state index contributed by atoms with van der Waals surface area (Å²) in [7, 11) is 1.70. The standard InChI is InChI=1S/C12H19BrN2O/c1-12(2,16-3)11(15-14)8-9-6-4-5-7-10(9)13/h4-7,11,15H,8,14H2,1-3H3. The molecule has 0 aromatic heterocycles. The molecular weight excluding hydrogens is 268 g/mol. The van der Waals surface area contributed by atoms with Crippen molar-refractivity contribution in [3.8, 4) is 0 Å². The number of hydrazine groups is 1. The number of ether oxygens (including phenoxy) is 1. The van der Waals surface area contributed by atoms with Gasteiger partial charge in [0.2, 0.25) is 0 Å². The van der Waals surface area contributed by atoms with Gasteiger partial charge in [0.25, 0.3) is 0 Å². The van der Waals surface area contributed by atoms with Crippen LogP contribution in [0.25, 0.3) is 0 Å². The largest absolute Gasteiger partial charge is 0.377 e. The van der Waals surface area contributed by atoms with E-state index in [1.807, 2.05) is 32.0 Å². The Kier molecular flexibility index (Phi) is 4.92. The van der Waals surface area contributed by atoms with E-state index in [-0.39, 0.29) is 11.6 Å². The molecular formula is C12H19BrN2O. The highest BCUT2D eigenvalue weighted by atomic mass is 79.9. The van der Waals surface area contributed by atoms with Gasteiger partial charge in [-0.3, -0.25) is 11.3 Å². The van der Waals surface area contributed by atoms with Crippen LogP contribution in [0.4, 0.5) is 0 Å². The van der Waals surface area contributed by atoms with Crippen LogP contribution in [0, 0.1) is 0 Å². The predicted molar refractivity (Wildman–Crippen MR) is 70.0 cm³/mol. The Balaban J connectivity index is 2.82. The lowest BCUT2D eigenvalue weighted by molar-refractivity contribution is -0.0101. The lowest BCUT2D eigenvalue weighted by Crippen LogP contribution is -2.52. The number of benzene rings is 1. The van der Waals surface area contributed by atoms with Gasteiger partial charge in [0.15, 0.2) is 0 Å². The number of halogens is 1. The van der Waals surface area contributed by atoms with E-state index in [2.05, 4.69) is 27.4 Å². The molecule has 3 nitrogen and oxygen atoms in total. The lowest BCUT2D eigenvalue weighted by atomic mass is 9.93. The van der Waals surface area contributed by atoms with E-state index in [4.69, 9.17) is 10.6 Å². The number of hydrogen-bond acceptors (Lipinski definition) is 3. The Morgan fingerprint density at radius 1 is 1.44 bits per heavy atom.